The molecule has 1 heterocycles. The number of aryl methyl sites for hydroxylation is 2. The van der Waals surface area contributed by atoms with Crippen molar-refractivity contribution >= 4 is 46.4 Å². The highest BCUT2D eigenvalue weighted by atomic mass is 16.6. The molecule has 2 aliphatic rings. The van der Waals surface area contributed by atoms with Crippen molar-refractivity contribution < 1.29 is 29.1 Å². The van der Waals surface area contributed by atoms with E-state index in [4.69, 9.17) is 4.42 Å². The SMILES string of the molecule is Cc1cc(/C=C/c2ccc(C(=O)Nc3ccc(-c4c5ccc(=O)cc-5oc5cc(O)ccc45)c(C(=O)O)c3)cc2)cc(C)c1[N+](=O)[O-]. The summed E-state index contributed by atoms with van der Waals surface area (Å²) in [6.45, 7) is 3.39. The molecule has 10 nitrogen and oxygen atoms in total. The number of hydrogen-bond donors (Lipinski definition) is 3. The zero-order valence-electron chi connectivity index (χ0n) is 25.1. The van der Waals surface area contributed by atoms with Gasteiger partial charge in [0.25, 0.3) is 11.6 Å². The van der Waals surface area contributed by atoms with Gasteiger partial charge in [-0.1, -0.05) is 30.4 Å². The average molecular weight is 627 g/mol. The van der Waals surface area contributed by atoms with Crippen molar-refractivity contribution in [3.05, 3.63) is 145 Å². The van der Waals surface area contributed by atoms with Gasteiger partial charge >= 0.3 is 5.97 Å². The van der Waals surface area contributed by atoms with Crippen LogP contribution in [0.3, 0.4) is 0 Å². The second-order valence-corrected chi connectivity index (χ2v) is 11.1. The van der Waals surface area contributed by atoms with Gasteiger partial charge in [0, 0.05) is 51.0 Å². The predicted octanol–water partition coefficient (Wildman–Crippen LogP) is 7.92. The van der Waals surface area contributed by atoms with Crippen LogP contribution in [0, 0.1) is 24.0 Å². The van der Waals surface area contributed by atoms with E-state index in [1.54, 1.807) is 74.5 Å². The van der Waals surface area contributed by atoms with Crippen LogP contribution in [0.5, 0.6) is 5.75 Å². The van der Waals surface area contributed by atoms with E-state index in [0.717, 1.165) is 11.1 Å². The molecule has 0 fully saturated rings. The van der Waals surface area contributed by atoms with Gasteiger partial charge in [0.15, 0.2) is 5.43 Å². The van der Waals surface area contributed by atoms with Crippen molar-refractivity contribution in [1.82, 2.24) is 0 Å². The summed E-state index contributed by atoms with van der Waals surface area (Å²) < 4.78 is 5.87. The number of phenols is 1. The van der Waals surface area contributed by atoms with Crippen LogP contribution in [0.4, 0.5) is 11.4 Å². The molecule has 0 atom stereocenters. The highest BCUT2D eigenvalue weighted by Gasteiger charge is 2.23. The number of carbonyl (C=O) groups is 2. The Hall–Kier alpha value is -6.55. The van der Waals surface area contributed by atoms with Crippen LogP contribution in [0.25, 0.3) is 45.6 Å². The van der Waals surface area contributed by atoms with Crippen molar-refractivity contribution in [2.75, 3.05) is 5.32 Å². The van der Waals surface area contributed by atoms with Gasteiger partial charge in [-0.15, -0.1) is 0 Å². The molecular formula is C37H26N2O8. The third kappa shape index (κ3) is 6.07. The number of aromatic carboxylic acids is 1. The first-order valence-electron chi connectivity index (χ1n) is 14.4. The van der Waals surface area contributed by atoms with Gasteiger partial charge in [-0.25, -0.2) is 4.79 Å². The summed E-state index contributed by atoms with van der Waals surface area (Å²) in [5.41, 5.74) is 4.69. The fraction of sp³-hybridized carbons (Fsp3) is 0.0541. The largest absolute Gasteiger partial charge is 0.508 e. The third-order valence-electron chi connectivity index (χ3n) is 7.79. The Labute approximate surface area is 267 Å². The summed E-state index contributed by atoms with van der Waals surface area (Å²) in [6, 6.07) is 23.5. The number of aromatic hydroxyl groups is 1. The lowest BCUT2D eigenvalue weighted by Gasteiger charge is -2.17. The zero-order valence-corrected chi connectivity index (χ0v) is 25.1. The molecule has 0 saturated carbocycles. The first-order valence-corrected chi connectivity index (χ1v) is 14.4. The van der Waals surface area contributed by atoms with Crippen LogP contribution in [0.1, 0.15) is 43.0 Å². The molecule has 0 bridgehead atoms. The van der Waals surface area contributed by atoms with Crippen LogP contribution in [-0.4, -0.2) is 27.0 Å². The first-order chi connectivity index (χ1) is 22.5. The lowest BCUT2D eigenvalue weighted by molar-refractivity contribution is -0.386. The number of nitrogens with zero attached hydrogens (tertiary/aromatic N) is 1. The van der Waals surface area contributed by atoms with Gasteiger partial charge in [0.2, 0.25) is 0 Å². The Morgan fingerprint density at radius 2 is 1.51 bits per heavy atom. The maximum absolute atomic E-state index is 13.1. The predicted molar refractivity (Wildman–Crippen MR) is 179 cm³/mol. The number of carbonyl (C=O) groups excluding carboxylic acids is 1. The molecule has 0 aromatic heterocycles. The summed E-state index contributed by atoms with van der Waals surface area (Å²) in [5, 5.41) is 34.8. The maximum atomic E-state index is 13.1. The van der Waals surface area contributed by atoms with Crippen molar-refractivity contribution in [3.8, 4) is 28.2 Å². The number of hydrogen-bond acceptors (Lipinski definition) is 7. The van der Waals surface area contributed by atoms with Gasteiger partial charge in [0.1, 0.15) is 17.1 Å². The normalized spacial score (nSPS) is 11.3. The van der Waals surface area contributed by atoms with Crippen molar-refractivity contribution in [3.63, 3.8) is 0 Å². The smallest absolute Gasteiger partial charge is 0.336 e. The summed E-state index contributed by atoms with van der Waals surface area (Å²) in [4.78, 5) is 48.6. The lowest BCUT2D eigenvalue weighted by Crippen LogP contribution is -2.13. The Kier molecular flexibility index (Phi) is 7.84. The molecule has 0 saturated heterocycles. The van der Waals surface area contributed by atoms with E-state index in [1.807, 2.05) is 12.2 Å². The van der Waals surface area contributed by atoms with E-state index in [-0.39, 0.29) is 44.4 Å². The molecule has 10 heteroatoms. The van der Waals surface area contributed by atoms with Gasteiger partial charge in [-0.3, -0.25) is 19.7 Å². The molecule has 0 spiro atoms. The Morgan fingerprint density at radius 1 is 0.830 bits per heavy atom. The van der Waals surface area contributed by atoms with Crippen molar-refractivity contribution in [2.45, 2.75) is 13.8 Å². The lowest BCUT2D eigenvalue weighted by atomic mass is 9.90. The quantitative estimate of drug-likeness (QED) is 0.0697. The number of carboxylic acids is 1. The zero-order chi connectivity index (χ0) is 33.4. The number of nitro benzene ring substituents is 1. The number of rotatable bonds is 7. The van der Waals surface area contributed by atoms with Crippen LogP contribution < -0.4 is 10.7 Å². The van der Waals surface area contributed by atoms with Crippen molar-refractivity contribution in [2.24, 2.45) is 0 Å². The van der Waals surface area contributed by atoms with E-state index in [2.05, 4.69) is 5.32 Å². The molecular weight excluding hydrogens is 600 g/mol. The minimum atomic E-state index is -1.23. The molecule has 0 unspecified atom stereocenters. The molecule has 232 valence electrons. The number of benzene rings is 5. The van der Waals surface area contributed by atoms with E-state index in [0.29, 0.717) is 38.8 Å². The van der Waals surface area contributed by atoms with Crippen LogP contribution in [0.2, 0.25) is 0 Å². The van der Waals surface area contributed by atoms with Gasteiger partial charge in [-0.05, 0) is 91.2 Å². The molecule has 1 amide bonds. The van der Waals surface area contributed by atoms with Gasteiger partial charge in [0.05, 0.1) is 10.5 Å². The standard InChI is InChI=1S/C37H26N2O8/c1-20-15-23(16-21(2)35(20)39(45)46)4-3-22-5-7-24(8-6-22)36(42)38-25-9-12-28(31(17-25)37(43)44)34-29-13-10-26(40)18-32(29)47-33-19-27(41)11-14-30(33)34/h3-19,40H,1-2H3,(H,38,42)(H,43,44)/b4-3+. The average Bonchev–Trinajstić information content (AvgIpc) is 3.02. The second kappa shape index (κ2) is 12.1. The number of anilines is 1. The number of nitrogens with one attached hydrogen (secondary N) is 1. The topological polar surface area (TPSA) is 160 Å². The van der Waals surface area contributed by atoms with E-state index >= 15 is 0 Å². The minimum Gasteiger partial charge on any atom is -0.508 e. The highest BCUT2D eigenvalue weighted by Crippen LogP contribution is 2.42. The molecule has 4 aromatic rings. The summed E-state index contributed by atoms with van der Waals surface area (Å²) in [6.07, 6.45) is 3.67. The van der Waals surface area contributed by atoms with E-state index in [1.165, 1.54) is 30.3 Å². The summed E-state index contributed by atoms with van der Waals surface area (Å²) in [7, 11) is 0. The van der Waals surface area contributed by atoms with Crippen LogP contribution in [-0.2, 0) is 0 Å². The fourth-order valence-electron chi connectivity index (χ4n) is 5.68. The molecule has 6 rings (SSSR count). The molecule has 3 N–H and O–H groups in total. The Morgan fingerprint density at radius 3 is 2.19 bits per heavy atom. The molecule has 1 aliphatic carbocycles. The second-order valence-electron chi connectivity index (χ2n) is 11.1. The number of fused-ring (bicyclic) bond motifs is 2. The highest BCUT2D eigenvalue weighted by molar-refractivity contribution is 6.09. The molecule has 1 aliphatic heterocycles. The summed E-state index contributed by atoms with van der Waals surface area (Å²) in [5.74, 6) is -1.50. The molecule has 0 radical (unpaired) electrons. The van der Waals surface area contributed by atoms with Crippen LogP contribution >= 0.6 is 0 Å². The van der Waals surface area contributed by atoms with E-state index < -0.39 is 11.9 Å². The van der Waals surface area contributed by atoms with Gasteiger partial charge in [-0.2, -0.15) is 0 Å². The van der Waals surface area contributed by atoms with E-state index in [9.17, 15) is 34.7 Å². The first kappa shape index (κ1) is 30.5. The minimum absolute atomic E-state index is 0.0555. The number of nitro groups is 1. The fourth-order valence-corrected chi connectivity index (χ4v) is 5.68. The van der Waals surface area contributed by atoms with Gasteiger partial charge < -0.3 is 19.9 Å². The molecule has 4 aromatic carbocycles. The van der Waals surface area contributed by atoms with Crippen molar-refractivity contribution in [1.29, 1.82) is 0 Å². The molecule has 47 heavy (non-hydrogen) atoms. The number of carboxylic acid groups (broad SMARTS) is 1. The summed E-state index contributed by atoms with van der Waals surface area (Å²) >= 11 is 0. The monoisotopic (exact) mass is 626 g/mol. The Bertz CT molecular complexity index is 2280. The maximum Gasteiger partial charge on any atom is 0.336 e. The number of amides is 1. The Balaban J connectivity index is 1.27. The third-order valence-corrected chi connectivity index (χ3v) is 7.79. The van der Waals surface area contributed by atoms with Crippen LogP contribution in [0.15, 0.2) is 100 Å². The number of phenolic OH excluding ortho intramolecular Hbond substituents is 1.